The molecule has 1 aromatic heterocycles. The van der Waals surface area contributed by atoms with Crippen LogP contribution in [0.2, 0.25) is 0 Å². The van der Waals surface area contributed by atoms with Crippen molar-refractivity contribution >= 4 is 34.5 Å². The van der Waals surface area contributed by atoms with Crippen molar-refractivity contribution in [2.24, 2.45) is 7.05 Å². The molecule has 3 amide bonds. The third-order valence-electron chi connectivity index (χ3n) is 9.24. The minimum absolute atomic E-state index is 0.0178. The van der Waals surface area contributed by atoms with E-state index in [-0.39, 0.29) is 35.1 Å². The lowest BCUT2D eigenvalue weighted by molar-refractivity contribution is -0.137. The maximum absolute atomic E-state index is 13.4. The van der Waals surface area contributed by atoms with Crippen LogP contribution in [-0.2, 0) is 23.8 Å². The number of carbonyl (C=O) groups excluding carboxylic acids is 3. The van der Waals surface area contributed by atoms with Gasteiger partial charge >= 0.3 is 6.09 Å². The fourth-order valence-corrected chi connectivity index (χ4v) is 6.62. The SMILES string of the molecule is COc1c(NC(=O)Oc2cc3cccc(CN4CCN(C(=O)[C@@H]5CCCN5C)CC4)c3n2C)cc(C(C)(C)C)cc1C(=O)NC(C)C. The quantitative estimate of drug-likeness (QED) is 0.356. The zero-order chi connectivity index (χ0) is 34.0. The summed E-state index contributed by atoms with van der Waals surface area (Å²) < 4.78 is 13.4. The number of likely N-dealkylation sites (tertiary alicyclic amines) is 1. The van der Waals surface area contributed by atoms with Gasteiger partial charge in [-0.25, -0.2) is 4.79 Å². The summed E-state index contributed by atoms with van der Waals surface area (Å²) in [5, 5.41) is 6.72. The van der Waals surface area contributed by atoms with Crippen LogP contribution in [0.4, 0.5) is 10.5 Å². The summed E-state index contributed by atoms with van der Waals surface area (Å²) in [5.74, 6) is 0.635. The molecule has 0 unspecified atom stereocenters. The van der Waals surface area contributed by atoms with Gasteiger partial charge in [0.2, 0.25) is 11.8 Å². The molecule has 2 aromatic carbocycles. The Labute approximate surface area is 278 Å². The van der Waals surface area contributed by atoms with Crippen LogP contribution in [0.3, 0.4) is 0 Å². The molecule has 2 fully saturated rings. The number of rotatable bonds is 8. The summed E-state index contributed by atoms with van der Waals surface area (Å²) in [6.45, 7) is 14.7. The number of nitrogens with one attached hydrogen (secondary N) is 2. The Hall–Kier alpha value is -4.09. The maximum Gasteiger partial charge on any atom is 0.418 e. The highest BCUT2D eigenvalue weighted by Gasteiger charge is 2.33. The molecule has 2 saturated heterocycles. The molecule has 2 aliphatic heterocycles. The van der Waals surface area contributed by atoms with Gasteiger partial charge in [-0.2, -0.15) is 0 Å². The van der Waals surface area contributed by atoms with Gasteiger partial charge in [-0.15, -0.1) is 0 Å². The molecule has 0 aliphatic carbocycles. The number of piperazine rings is 1. The number of benzene rings is 2. The Morgan fingerprint density at radius 3 is 2.34 bits per heavy atom. The molecule has 3 aromatic rings. The van der Waals surface area contributed by atoms with Crippen LogP contribution in [0, 0.1) is 0 Å². The third kappa shape index (κ3) is 7.57. The van der Waals surface area contributed by atoms with E-state index < -0.39 is 6.09 Å². The van der Waals surface area contributed by atoms with Crippen molar-refractivity contribution in [1.82, 2.24) is 24.6 Å². The van der Waals surface area contributed by atoms with Gasteiger partial charge in [0.25, 0.3) is 5.91 Å². The van der Waals surface area contributed by atoms with Crippen molar-refractivity contribution in [3.8, 4) is 11.6 Å². The lowest BCUT2D eigenvalue weighted by Crippen LogP contribution is -2.52. The number of aromatic nitrogens is 1. The van der Waals surface area contributed by atoms with Crippen LogP contribution in [-0.4, -0.2) is 96.1 Å². The number of carbonyl (C=O) groups is 3. The van der Waals surface area contributed by atoms with Crippen molar-refractivity contribution in [2.75, 3.05) is 52.2 Å². The molecule has 0 saturated carbocycles. The smallest absolute Gasteiger partial charge is 0.418 e. The standard InChI is InChI=1S/C36H50N6O5/c1-23(2)37-33(43)27-20-26(36(3,4)5)21-28(32(27)46-8)38-35(45)47-30-19-24-11-9-12-25(31(24)40(30)7)22-41-15-17-42(18-16-41)34(44)29-13-10-14-39(29)6/h9,11-12,19-21,23,29H,10,13-18,22H2,1-8H3,(H,37,43)(H,38,45)/t29-/m0/s1. The second-order valence-electron chi connectivity index (χ2n) is 14.1. The second-order valence-corrected chi connectivity index (χ2v) is 14.1. The molecule has 1 atom stereocenters. The highest BCUT2D eigenvalue weighted by molar-refractivity contribution is 6.01. The van der Waals surface area contributed by atoms with E-state index in [1.54, 1.807) is 0 Å². The summed E-state index contributed by atoms with van der Waals surface area (Å²) in [7, 11) is 5.41. The Kier molecular flexibility index (Phi) is 10.2. The van der Waals surface area contributed by atoms with Gasteiger partial charge in [-0.3, -0.25) is 24.7 Å². The first kappa shape index (κ1) is 34.3. The number of anilines is 1. The van der Waals surface area contributed by atoms with E-state index in [1.165, 1.54) is 7.11 Å². The van der Waals surface area contributed by atoms with Gasteiger partial charge < -0.3 is 24.3 Å². The van der Waals surface area contributed by atoms with Gasteiger partial charge in [-0.1, -0.05) is 39.0 Å². The minimum Gasteiger partial charge on any atom is -0.494 e. The highest BCUT2D eigenvalue weighted by Crippen LogP contribution is 2.36. The monoisotopic (exact) mass is 646 g/mol. The normalized spacial score (nSPS) is 17.7. The predicted molar refractivity (Wildman–Crippen MR) is 184 cm³/mol. The molecule has 3 heterocycles. The number of hydrogen-bond donors (Lipinski definition) is 2. The van der Waals surface area contributed by atoms with Crippen LogP contribution in [0.15, 0.2) is 36.4 Å². The molecular formula is C36H50N6O5. The summed E-state index contributed by atoms with van der Waals surface area (Å²) in [5.41, 5.74) is 3.38. The van der Waals surface area contributed by atoms with Crippen molar-refractivity contribution < 1.29 is 23.9 Å². The first-order valence-corrected chi connectivity index (χ1v) is 16.6. The molecule has 2 aliphatic rings. The minimum atomic E-state index is -0.689. The lowest BCUT2D eigenvalue weighted by atomic mass is 9.85. The van der Waals surface area contributed by atoms with Crippen LogP contribution < -0.4 is 20.1 Å². The number of ether oxygens (including phenoxy) is 2. The highest BCUT2D eigenvalue weighted by atomic mass is 16.6. The Balaban J connectivity index is 1.31. The zero-order valence-electron chi connectivity index (χ0n) is 29.1. The van der Waals surface area contributed by atoms with E-state index in [0.29, 0.717) is 17.1 Å². The average Bonchev–Trinajstić information content (AvgIpc) is 3.58. The maximum atomic E-state index is 13.4. The van der Waals surface area contributed by atoms with Gasteiger partial charge in [0.1, 0.15) is 0 Å². The van der Waals surface area contributed by atoms with E-state index in [0.717, 1.165) is 74.1 Å². The molecule has 47 heavy (non-hydrogen) atoms. The fraction of sp³-hybridized carbons (Fsp3) is 0.528. The third-order valence-corrected chi connectivity index (χ3v) is 9.24. The second kappa shape index (κ2) is 13.9. The molecule has 0 spiro atoms. The van der Waals surface area contributed by atoms with Crippen molar-refractivity contribution in [1.29, 1.82) is 0 Å². The first-order chi connectivity index (χ1) is 22.3. The zero-order valence-corrected chi connectivity index (χ0v) is 29.1. The van der Waals surface area contributed by atoms with E-state index in [4.69, 9.17) is 9.47 Å². The van der Waals surface area contributed by atoms with Crippen LogP contribution in [0.5, 0.6) is 11.6 Å². The Morgan fingerprint density at radius 1 is 1.00 bits per heavy atom. The molecule has 0 bridgehead atoms. The summed E-state index contributed by atoms with van der Waals surface area (Å²) >= 11 is 0. The summed E-state index contributed by atoms with van der Waals surface area (Å²) in [4.78, 5) is 46.1. The Morgan fingerprint density at radius 2 is 1.72 bits per heavy atom. The number of aryl methyl sites for hydroxylation is 1. The van der Waals surface area contributed by atoms with Crippen molar-refractivity contribution in [3.05, 3.63) is 53.1 Å². The number of likely N-dealkylation sites (N-methyl/N-ethyl adjacent to an activating group) is 1. The molecule has 0 radical (unpaired) electrons. The number of para-hydroxylation sites is 1. The van der Waals surface area contributed by atoms with Gasteiger partial charge in [0.05, 0.1) is 29.9 Å². The van der Waals surface area contributed by atoms with Gasteiger partial charge in [0, 0.05) is 57.3 Å². The Bertz CT molecular complexity index is 1630. The van der Waals surface area contributed by atoms with Crippen molar-refractivity contribution in [3.63, 3.8) is 0 Å². The van der Waals surface area contributed by atoms with E-state index in [1.807, 2.05) is 88.5 Å². The van der Waals surface area contributed by atoms with Crippen LogP contribution >= 0.6 is 0 Å². The van der Waals surface area contributed by atoms with E-state index in [2.05, 4.69) is 26.5 Å². The van der Waals surface area contributed by atoms with Crippen LogP contribution in [0.25, 0.3) is 10.9 Å². The molecule has 254 valence electrons. The van der Waals surface area contributed by atoms with E-state index >= 15 is 0 Å². The number of fused-ring (bicyclic) bond motifs is 1. The number of amides is 3. The molecular weight excluding hydrogens is 596 g/mol. The summed E-state index contributed by atoms with van der Waals surface area (Å²) in [6.07, 6.45) is 1.34. The molecule has 5 rings (SSSR count). The lowest BCUT2D eigenvalue weighted by Gasteiger charge is -2.37. The van der Waals surface area contributed by atoms with Gasteiger partial charge in [0.15, 0.2) is 5.75 Å². The molecule has 11 heteroatoms. The average molecular weight is 647 g/mol. The molecule has 2 N–H and O–H groups in total. The largest absolute Gasteiger partial charge is 0.494 e. The van der Waals surface area contributed by atoms with E-state index in [9.17, 15) is 14.4 Å². The number of hydrogen-bond acceptors (Lipinski definition) is 7. The van der Waals surface area contributed by atoms with Crippen LogP contribution in [0.1, 0.15) is 68.9 Å². The fourth-order valence-electron chi connectivity index (χ4n) is 6.62. The predicted octanol–water partition coefficient (Wildman–Crippen LogP) is 4.97. The van der Waals surface area contributed by atoms with Gasteiger partial charge in [-0.05, 0) is 69.0 Å². The molecule has 11 nitrogen and oxygen atoms in total. The number of methoxy groups -OCH3 is 1. The first-order valence-electron chi connectivity index (χ1n) is 16.6. The number of nitrogens with zero attached hydrogens (tertiary/aromatic N) is 4. The topological polar surface area (TPSA) is 108 Å². The van der Waals surface area contributed by atoms with Crippen molar-refractivity contribution in [2.45, 2.75) is 71.5 Å². The summed E-state index contributed by atoms with van der Waals surface area (Å²) in [6, 6.07) is 11.6.